The Bertz CT molecular complexity index is 516. The zero-order chi connectivity index (χ0) is 14.0. The van der Waals surface area contributed by atoms with Crippen molar-refractivity contribution in [2.45, 2.75) is 26.3 Å². The molecule has 2 unspecified atom stereocenters. The van der Waals surface area contributed by atoms with Gasteiger partial charge in [0.1, 0.15) is 5.69 Å². The Morgan fingerprint density at radius 2 is 2.26 bits per heavy atom. The number of carbonyl (C=O) groups is 1. The summed E-state index contributed by atoms with van der Waals surface area (Å²) in [7, 11) is 0. The first-order valence-electron chi connectivity index (χ1n) is 6.28. The topological polar surface area (TPSA) is 84.3 Å². The first-order valence-corrected chi connectivity index (χ1v) is 6.28. The normalized spacial score (nSPS) is 22.2. The average Bonchev–Trinajstić information content (AvgIpc) is 2.77. The second kappa shape index (κ2) is 5.36. The minimum atomic E-state index is -0.473. The molecular formula is C13H17N3O3. The second-order valence-corrected chi connectivity index (χ2v) is 4.90. The quantitative estimate of drug-likeness (QED) is 0.643. The average molecular weight is 263 g/mol. The van der Waals surface area contributed by atoms with Gasteiger partial charge in [-0.05, 0) is 38.4 Å². The number of anilines is 1. The van der Waals surface area contributed by atoms with Gasteiger partial charge in [0.25, 0.3) is 5.69 Å². The Hall–Kier alpha value is -1.95. The highest BCUT2D eigenvalue weighted by molar-refractivity contribution is 5.95. The fourth-order valence-electron chi connectivity index (χ4n) is 2.34. The molecule has 6 heteroatoms. The zero-order valence-electron chi connectivity index (χ0n) is 11.0. The van der Waals surface area contributed by atoms with Crippen LogP contribution in [0, 0.1) is 23.0 Å². The van der Waals surface area contributed by atoms with Gasteiger partial charge in [-0.25, -0.2) is 0 Å². The molecule has 1 saturated heterocycles. The number of benzene rings is 1. The second-order valence-electron chi connectivity index (χ2n) is 4.90. The van der Waals surface area contributed by atoms with Crippen LogP contribution in [0.3, 0.4) is 0 Å². The van der Waals surface area contributed by atoms with Gasteiger partial charge in [0.05, 0.1) is 10.8 Å². The van der Waals surface area contributed by atoms with Gasteiger partial charge in [-0.3, -0.25) is 14.9 Å². The highest BCUT2D eigenvalue weighted by Crippen LogP contribution is 2.27. The lowest BCUT2D eigenvalue weighted by Gasteiger charge is -2.15. The van der Waals surface area contributed by atoms with Crippen molar-refractivity contribution >= 4 is 17.3 Å². The number of amides is 1. The van der Waals surface area contributed by atoms with E-state index in [-0.39, 0.29) is 29.2 Å². The van der Waals surface area contributed by atoms with E-state index in [0.717, 1.165) is 18.5 Å². The van der Waals surface area contributed by atoms with E-state index in [2.05, 4.69) is 10.6 Å². The molecule has 1 aromatic rings. The van der Waals surface area contributed by atoms with Crippen LogP contribution in [0.25, 0.3) is 0 Å². The van der Waals surface area contributed by atoms with Gasteiger partial charge < -0.3 is 10.6 Å². The molecule has 0 spiro atoms. The minimum Gasteiger partial charge on any atom is -0.320 e. The number of hydrogen-bond donors (Lipinski definition) is 2. The van der Waals surface area contributed by atoms with E-state index in [1.165, 1.54) is 6.07 Å². The molecule has 1 fully saturated rings. The molecular weight excluding hydrogens is 246 g/mol. The molecule has 1 aliphatic heterocycles. The van der Waals surface area contributed by atoms with Crippen LogP contribution in [0.4, 0.5) is 11.4 Å². The van der Waals surface area contributed by atoms with E-state index >= 15 is 0 Å². The zero-order valence-corrected chi connectivity index (χ0v) is 11.0. The number of carbonyl (C=O) groups excluding carboxylic acids is 1. The molecule has 0 aromatic heterocycles. The highest BCUT2D eigenvalue weighted by Gasteiger charge is 2.30. The summed E-state index contributed by atoms with van der Waals surface area (Å²) in [6.45, 7) is 4.53. The fraction of sp³-hybridized carbons (Fsp3) is 0.462. The van der Waals surface area contributed by atoms with Gasteiger partial charge in [-0.2, -0.15) is 0 Å². The predicted octanol–water partition coefficient (Wildman–Crippen LogP) is 1.84. The van der Waals surface area contributed by atoms with Crippen LogP contribution in [-0.4, -0.2) is 23.4 Å². The van der Waals surface area contributed by atoms with Crippen molar-refractivity contribution in [2.75, 3.05) is 11.9 Å². The van der Waals surface area contributed by atoms with Gasteiger partial charge >= 0.3 is 0 Å². The van der Waals surface area contributed by atoms with Crippen molar-refractivity contribution in [1.82, 2.24) is 5.32 Å². The fourth-order valence-corrected chi connectivity index (χ4v) is 2.34. The third-order valence-electron chi connectivity index (χ3n) is 3.47. The van der Waals surface area contributed by atoms with Crippen LogP contribution in [-0.2, 0) is 4.79 Å². The van der Waals surface area contributed by atoms with Crippen molar-refractivity contribution in [3.05, 3.63) is 33.9 Å². The van der Waals surface area contributed by atoms with Crippen molar-refractivity contribution in [1.29, 1.82) is 0 Å². The predicted molar refractivity (Wildman–Crippen MR) is 72.0 cm³/mol. The van der Waals surface area contributed by atoms with E-state index < -0.39 is 4.92 Å². The number of nitrogens with zero attached hydrogens (tertiary/aromatic N) is 1. The van der Waals surface area contributed by atoms with Gasteiger partial charge in [-0.15, -0.1) is 0 Å². The number of hydrogen-bond acceptors (Lipinski definition) is 4. The summed E-state index contributed by atoms with van der Waals surface area (Å²) >= 11 is 0. The minimum absolute atomic E-state index is 0.0630. The smallest absolute Gasteiger partial charge is 0.293 e. The van der Waals surface area contributed by atoms with Crippen LogP contribution < -0.4 is 10.6 Å². The third-order valence-corrected chi connectivity index (χ3v) is 3.47. The molecule has 6 nitrogen and oxygen atoms in total. The molecule has 102 valence electrons. The lowest BCUT2D eigenvalue weighted by molar-refractivity contribution is -0.384. The van der Waals surface area contributed by atoms with E-state index in [0.29, 0.717) is 0 Å². The Morgan fingerprint density at radius 1 is 1.53 bits per heavy atom. The van der Waals surface area contributed by atoms with Crippen LogP contribution in [0.2, 0.25) is 0 Å². The highest BCUT2D eigenvalue weighted by atomic mass is 16.6. The molecule has 19 heavy (non-hydrogen) atoms. The summed E-state index contributed by atoms with van der Waals surface area (Å²) in [5.74, 6) is -0.301. The molecule has 1 amide bonds. The number of nitro groups is 1. The van der Waals surface area contributed by atoms with Gasteiger partial charge in [0.2, 0.25) is 5.91 Å². The molecule has 0 bridgehead atoms. The molecule has 2 rings (SSSR count). The lowest BCUT2D eigenvalue weighted by Crippen LogP contribution is -2.32. The van der Waals surface area contributed by atoms with Crippen LogP contribution >= 0.6 is 0 Å². The molecule has 0 saturated carbocycles. The molecule has 1 aromatic carbocycles. The van der Waals surface area contributed by atoms with Gasteiger partial charge in [-0.1, -0.05) is 6.07 Å². The maximum absolute atomic E-state index is 12.1. The first kappa shape index (κ1) is 13.5. The van der Waals surface area contributed by atoms with Crippen LogP contribution in [0.15, 0.2) is 18.2 Å². The molecule has 1 heterocycles. The lowest BCUT2D eigenvalue weighted by atomic mass is 10.0. The summed E-state index contributed by atoms with van der Waals surface area (Å²) in [5, 5.41) is 16.8. The molecule has 1 aliphatic rings. The van der Waals surface area contributed by atoms with E-state index in [9.17, 15) is 14.9 Å². The number of rotatable bonds is 3. The number of nitro benzene ring substituents is 1. The van der Waals surface area contributed by atoms with Crippen LogP contribution in [0.1, 0.15) is 18.9 Å². The first-order chi connectivity index (χ1) is 8.99. The Kier molecular flexibility index (Phi) is 3.80. The molecule has 0 radical (unpaired) electrons. The van der Waals surface area contributed by atoms with Crippen molar-refractivity contribution in [3.63, 3.8) is 0 Å². The van der Waals surface area contributed by atoms with Crippen LogP contribution in [0.5, 0.6) is 0 Å². The summed E-state index contributed by atoms with van der Waals surface area (Å²) in [6.07, 6.45) is 0.757. The summed E-state index contributed by atoms with van der Waals surface area (Å²) in [5.41, 5.74) is 0.993. The molecule has 0 aliphatic carbocycles. The molecule has 2 N–H and O–H groups in total. The maximum Gasteiger partial charge on any atom is 0.293 e. The largest absolute Gasteiger partial charge is 0.320 e. The molecule has 2 atom stereocenters. The van der Waals surface area contributed by atoms with E-state index in [4.69, 9.17) is 0 Å². The van der Waals surface area contributed by atoms with Gasteiger partial charge in [0.15, 0.2) is 0 Å². The monoisotopic (exact) mass is 263 g/mol. The number of aryl methyl sites for hydroxylation is 1. The summed E-state index contributed by atoms with van der Waals surface area (Å²) < 4.78 is 0. The Morgan fingerprint density at radius 3 is 2.84 bits per heavy atom. The third kappa shape index (κ3) is 2.90. The summed E-state index contributed by atoms with van der Waals surface area (Å²) in [6, 6.07) is 4.90. The Balaban J connectivity index is 2.19. The Labute approximate surface area is 111 Å². The van der Waals surface area contributed by atoms with Crippen molar-refractivity contribution in [2.24, 2.45) is 5.92 Å². The van der Waals surface area contributed by atoms with E-state index in [1.54, 1.807) is 19.1 Å². The maximum atomic E-state index is 12.1. The summed E-state index contributed by atoms with van der Waals surface area (Å²) in [4.78, 5) is 22.6. The van der Waals surface area contributed by atoms with Crippen molar-refractivity contribution in [3.8, 4) is 0 Å². The standard InChI is InChI=1S/C13H17N3O3/c1-8-3-4-11(12(7-8)16(18)19)15-13(17)10-5-6-14-9(10)2/h3-4,7,9-10,14H,5-6H2,1-2H3,(H,15,17). The van der Waals surface area contributed by atoms with Crippen molar-refractivity contribution < 1.29 is 9.72 Å². The van der Waals surface area contributed by atoms with Gasteiger partial charge in [0, 0.05) is 12.1 Å². The van der Waals surface area contributed by atoms with E-state index in [1.807, 2.05) is 6.92 Å². The number of nitrogens with one attached hydrogen (secondary N) is 2. The SMILES string of the molecule is Cc1ccc(NC(=O)C2CCNC2C)c([N+](=O)[O-])c1.